The van der Waals surface area contributed by atoms with E-state index in [0.29, 0.717) is 12.2 Å². The van der Waals surface area contributed by atoms with Crippen LogP contribution in [0.1, 0.15) is 12.2 Å². The molecule has 0 unspecified atom stereocenters. The Labute approximate surface area is 100 Å². The molecule has 0 aliphatic heterocycles. The fraction of sp³-hybridized carbons (Fsp3) is 0.182. The highest BCUT2D eigenvalue weighted by atomic mass is 32.1. The second-order valence-electron chi connectivity index (χ2n) is 3.70. The van der Waals surface area contributed by atoms with Crippen LogP contribution in [0, 0.1) is 0 Å². The predicted octanol–water partition coefficient (Wildman–Crippen LogP) is 1.96. The van der Waals surface area contributed by atoms with Crippen molar-refractivity contribution in [1.82, 2.24) is 14.6 Å². The molecule has 2 heterocycles. The van der Waals surface area contributed by atoms with Crippen molar-refractivity contribution in [1.29, 1.82) is 0 Å². The van der Waals surface area contributed by atoms with Crippen molar-refractivity contribution in [3.8, 4) is 0 Å². The standard InChI is InChI=1S/C11H9N3O2S/c15-10(16)6-5-9-12-13-11-14(9)7-3-1-2-4-8(7)17-11/h1-4H,5-6H2,(H,15,16). The molecule has 0 saturated heterocycles. The number of hydrogen-bond acceptors (Lipinski definition) is 4. The van der Waals surface area contributed by atoms with Gasteiger partial charge in [0, 0.05) is 6.42 Å². The molecular formula is C11H9N3O2S. The minimum Gasteiger partial charge on any atom is -0.481 e. The number of carbonyl (C=O) groups is 1. The molecule has 0 saturated carbocycles. The molecule has 0 aliphatic rings. The van der Waals surface area contributed by atoms with Crippen LogP contribution < -0.4 is 0 Å². The fourth-order valence-corrected chi connectivity index (χ4v) is 2.80. The van der Waals surface area contributed by atoms with Crippen LogP contribution in [0.4, 0.5) is 0 Å². The minimum atomic E-state index is -0.818. The first-order valence-electron chi connectivity index (χ1n) is 5.19. The van der Waals surface area contributed by atoms with Crippen molar-refractivity contribution in [3.63, 3.8) is 0 Å². The Balaban J connectivity index is 2.15. The topological polar surface area (TPSA) is 67.5 Å². The lowest BCUT2D eigenvalue weighted by molar-refractivity contribution is -0.137. The summed E-state index contributed by atoms with van der Waals surface area (Å²) in [6.07, 6.45) is 0.474. The van der Waals surface area contributed by atoms with Gasteiger partial charge in [-0.1, -0.05) is 23.5 Å². The van der Waals surface area contributed by atoms with Crippen LogP contribution in [0.15, 0.2) is 24.3 Å². The Morgan fingerprint density at radius 1 is 1.35 bits per heavy atom. The van der Waals surface area contributed by atoms with E-state index >= 15 is 0 Å². The number of thiazole rings is 1. The molecule has 0 amide bonds. The zero-order chi connectivity index (χ0) is 11.8. The van der Waals surface area contributed by atoms with Crippen LogP contribution in [-0.4, -0.2) is 25.7 Å². The summed E-state index contributed by atoms with van der Waals surface area (Å²) in [6, 6.07) is 7.94. The van der Waals surface area contributed by atoms with Gasteiger partial charge in [0.05, 0.1) is 16.6 Å². The molecule has 0 bridgehead atoms. The third-order valence-electron chi connectivity index (χ3n) is 2.57. The van der Waals surface area contributed by atoms with Gasteiger partial charge in [-0.05, 0) is 12.1 Å². The van der Waals surface area contributed by atoms with Crippen LogP contribution in [0.2, 0.25) is 0 Å². The van der Waals surface area contributed by atoms with Gasteiger partial charge in [0.25, 0.3) is 0 Å². The first kappa shape index (κ1) is 10.2. The van der Waals surface area contributed by atoms with Crippen molar-refractivity contribution >= 4 is 32.5 Å². The Bertz CT molecular complexity index is 701. The van der Waals surface area contributed by atoms with Crippen molar-refractivity contribution in [2.45, 2.75) is 12.8 Å². The number of carboxylic acids is 1. The SMILES string of the molecule is O=C(O)CCc1nnc2sc3ccccc3n12. The third-order valence-corrected chi connectivity index (χ3v) is 3.58. The monoisotopic (exact) mass is 247 g/mol. The highest BCUT2D eigenvalue weighted by molar-refractivity contribution is 7.23. The number of benzene rings is 1. The average Bonchev–Trinajstić information content (AvgIpc) is 2.84. The quantitative estimate of drug-likeness (QED) is 0.768. The largest absolute Gasteiger partial charge is 0.481 e. The van der Waals surface area contributed by atoms with E-state index in [0.717, 1.165) is 15.2 Å². The Morgan fingerprint density at radius 3 is 3.00 bits per heavy atom. The number of para-hydroxylation sites is 1. The molecular weight excluding hydrogens is 238 g/mol. The maximum Gasteiger partial charge on any atom is 0.303 e. The number of aliphatic carboxylic acids is 1. The van der Waals surface area contributed by atoms with E-state index in [9.17, 15) is 4.79 Å². The van der Waals surface area contributed by atoms with Crippen molar-refractivity contribution in [2.24, 2.45) is 0 Å². The van der Waals surface area contributed by atoms with E-state index in [1.807, 2.05) is 28.7 Å². The number of carboxylic acid groups (broad SMARTS) is 1. The molecule has 17 heavy (non-hydrogen) atoms. The van der Waals surface area contributed by atoms with E-state index in [-0.39, 0.29) is 6.42 Å². The van der Waals surface area contributed by atoms with Gasteiger partial charge in [0.2, 0.25) is 4.96 Å². The van der Waals surface area contributed by atoms with Crippen LogP contribution in [0.25, 0.3) is 15.2 Å². The van der Waals surface area contributed by atoms with E-state index in [1.165, 1.54) is 0 Å². The second kappa shape index (κ2) is 3.81. The summed E-state index contributed by atoms with van der Waals surface area (Å²) in [6.45, 7) is 0. The first-order valence-corrected chi connectivity index (χ1v) is 6.00. The van der Waals surface area contributed by atoms with Gasteiger partial charge in [0.15, 0.2) is 0 Å². The molecule has 0 fully saturated rings. The summed E-state index contributed by atoms with van der Waals surface area (Å²) in [4.78, 5) is 11.4. The summed E-state index contributed by atoms with van der Waals surface area (Å²) in [5.74, 6) is -0.110. The second-order valence-corrected chi connectivity index (χ2v) is 4.71. The van der Waals surface area contributed by atoms with E-state index in [1.54, 1.807) is 11.3 Å². The normalized spacial score (nSPS) is 11.3. The smallest absolute Gasteiger partial charge is 0.303 e. The molecule has 3 aromatic rings. The van der Waals surface area contributed by atoms with E-state index in [2.05, 4.69) is 10.2 Å². The molecule has 0 atom stereocenters. The van der Waals surface area contributed by atoms with Gasteiger partial charge in [-0.25, -0.2) is 0 Å². The third kappa shape index (κ3) is 1.66. The maximum absolute atomic E-state index is 10.6. The summed E-state index contributed by atoms with van der Waals surface area (Å²) < 4.78 is 3.07. The minimum absolute atomic E-state index is 0.0744. The summed E-state index contributed by atoms with van der Waals surface area (Å²) in [7, 11) is 0. The number of nitrogens with zero attached hydrogens (tertiary/aromatic N) is 3. The highest BCUT2D eigenvalue weighted by Crippen LogP contribution is 2.26. The molecule has 3 rings (SSSR count). The van der Waals surface area contributed by atoms with Gasteiger partial charge in [-0.3, -0.25) is 9.20 Å². The lowest BCUT2D eigenvalue weighted by Gasteiger charge is -1.96. The van der Waals surface area contributed by atoms with Gasteiger partial charge >= 0.3 is 5.97 Å². The molecule has 0 spiro atoms. The van der Waals surface area contributed by atoms with Gasteiger partial charge in [-0.2, -0.15) is 0 Å². The van der Waals surface area contributed by atoms with Crippen LogP contribution in [0.3, 0.4) is 0 Å². The van der Waals surface area contributed by atoms with E-state index in [4.69, 9.17) is 5.11 Å². The van der Waals surface area contributed by atoms with Crippen molar-refractivity contribution in [3.05, 3.63) is 30.1 Å². The predicted molar refractivity (Wildman–Crippen MR) is 64.3 cm³/mol. The zero-order valence-corrected chi connectivity index (χ0v) is 9.65. The zero-order valence-electron chi connectivity index (χ0n) is 8.83. The Morgan fingerprint density at radius 2 is 2.18 bits per heavy atom. The number of rotatable bonds is 3. The molecule has 1 aromatic carbocycles. The Hall–Kier alpha value is -1.95. The first-order chi connectivity index (χ1) is 8.25. The summed E-state index contributed by atoms with van der Waals surface area (Å²) in [5.41, 5.74) is 1.04. The Kier molecular flexibility index (Phi) is 2.29. The number of fused-ring (bicyclic) bond motifs is 3. The molecule has 6 heteroatoms. The lowest BCUT2D eigenvalue weighted by atomic mass is 10.3. The van der Waals surface area contributed by atoms with Gasteiger partial charge in [0.1, 0.15) is 5.82 Å². The lowest BCUT2D eigenvalue weighted by Crippen LogP contribution is -2.01. The molecule has 2 aromatic heterocycles. The van der Waals surface area contributed by atoms with Crippen molar-refractivity contribution < 1.29 is 9.90 Å². The van der Waals surface area contributed by atoms with Crippen molar-refractivity contribution in [2.75, 3.05) is 0 Å². The number of hydrogen-bond donors (Lipinski definition) is 1. The molecule has 1 N–H and O–H groups in total. The van der Waals surface area contributed by atoms with Crippen LogP contribution >= 0.6 is 11.3 Å². The molecule has 0 radical (unpaired) electrons. The number of aromatic nitrogens is 3. The van der Waals surface area contributed by atoms with Crippen LogP contribution in [0.5, 0.6) is 0 Å². The molecule has 5 nitrogen and oxygen atoms in total. The summed E-state index contributed by atoms with van der Waals surface area (Å²) in [5, 5.41) is 16.8. The number of aryl methyl sites for hydroxylation is 1. The van der Waals surface area contributed by atoms with Gasteiger partial charge in [-0.15, -0.1) is 10.2 Å². The van der Waals surface area contributed by atoms with E-state index < -0.39 is 5.97 Å². The average molecular weight is 247 g/mol. The fourth-order valence-electron chi connectivity index (χ4n) is 1.82. The van der Waals surface area contributed by atoms with Gasteiger partial charge < -0.3 is 5.11 Å². The van der Waals surface area contributed by atoms with Crippen LogP contribution in [-0.2, 0) is 11.2 Å². The molecule has 86 valence electrons. The summed E-state index contributed by atoms with van der Waals surface area (Å²) >= 11 is 1.56. The molecule has 0 aliphatic carbocycles. The maximum atomic E-state index is 10.6. The highest BCUT2D eigenvalue weighted by Gasteiger charge is 2.12.